The average Bonchev–Trinajstić information content (AvgIpc) is 2.47. The van der Waals surface area contributed by atoms with E-state index >= 15 is 0 Å². The number of benzene rings is 1. The third-order valence-electron chi connectivity index (χ3n) is 4.81. The second-order valence-electron chi connectivity index (χ2n) is 5.97. The van der Waals surface area contributed by atoms with Crippen LogP contribution in [0, 0.1) is 11.3 Å². The van der Waals surface area contributed by atoms with E-state index < -0.39 is 0 Å². The monoisotopic (exact) mass is 396 g/mol. The maximum atomic E-state index is 9.26. The molecule has 1 saturated carbocycles. The summed E-state index contributed by atoms with van der Waals surface area (Å²) in [6.07, 6.45) is 4.24. The molecule has 0 spiro atoms. The predicted molar refractivity (Wildman–Crippen MR) is 80.5 cm³/mol. The Balaban J connectivity index is 1.66. The summed E-state index contributed by atoms with van der Waals surface area (Å²) in [4.78, 5) is 7.75. The molecule has 1 saturated heterocycles. The van der Waals surface area contributed by atoms with Crippen molar-refractivity contribution in [2.45, 2.75) is 35.9 Å². The molecule has 1 atom stereocenters. The molecule has 1 heterocycles. The first kappa shape index (κ1) is 15.3. The van der Waals surface area contributed by atoms with Gasteiger partial charge in [-0.15, -0.1) is 0 Å². The first-order valence-electron chi connectivity index (χ1n) is 7.76. The Morgan fingerprint density at radius 3 is 2.76 bits per heavy atom. The fraction of sp³-hybridized carbons (Fsp3) is 0.588. The van der Waals surface area contributed by atoms with E-state index in [4.69, 9.17) is 0 Å². The molecule has 0 N–H and O–H groups in total. The topological polar surface area (TPSA) is 30.3 Å². The summed E-state index contributed by atoms with van der Waals surface area (Å²) < 4.78 is 0.741. The molecule has 1 aliphatic carbocycles. The molecule has 21 heavy (non-hydrogen) atoms. The van der Waals surface area contributed by atoms with Gasteiger partial charge in [-0.2, -0.15) is 0 Å². The number of piperazine rings is 1. The van der Waals surface area contributed by atoms with Crippen molar-refractivity contribution in [3.63, 3.8) is 0 Å². The van der Waals surface area contributed by atoms with E-state index in [0.29, 0.717) is 0 Å². The Morgan fingerprint density at radius 2 is 2.10 bits per heavy atom. The van der Waals surface area contributed by atoms with Crippen LogP contribution in [-0.4, -0.2) is 44.5 Å². The molecule has 1 aliphatic heterocycles. The van der Waals surface area contributed by atoms with Gasteiger partial charge in [-0.05, 0) is 0 Å². The van der Waals surface area contributed by atoms with Crippen molar-refractivity contribution in [2.75, 3.05) is 24.6 Å². The first-order valence-corrected chi connectivity index (χ1v) is 11.2. The minimum absolute atomic E-state index is 0.201. The summed E-state index contributed by atoms with van der Waals surface area (Å²) in [5, 5.41) is 9.26. The van der Waals surface area contributed by atoms with Gasteiger partial charge in [0, 0.05) is 0 Å². The molecule has 0 radical (unpaired) electrons. The minimum atomic E-state index is 0.201. The molecule has 1 aromatic rings. The Labute approximate surface area is 138 Å². The van der Waals surface area contributed by atoms with Crippen molar-refractivity contribution in [1.82, 2.24) is 9.80 Å². The number of nitriles is 1. The molecule has 3 nitrogen and oxygen atoms in total. The summed E-state index contributed by atoms with van der Waals surface area (Å²) in [5.74, 6) is 0. The standard InChI is InChI=1S/C17H23IN3/c1-18-17-13-20(16-7-4-8-16)9-10-21(17)12-15-6-3-2-5-14(15)11-19/h2-3,5-6,16-17H,4,7-10,12-13H2,1H3/q-1. The third-order valence-corrected chi connectivity index (χ3v) is 7.43. The number of rotatable bonds is 4. The van der Waals surface area contributed by atoms with E-state index in [1.54, 1.807) is 0 Å². The molecule has 1 aromatic carbocycles. The van der Waals surface area contributed by atoms with Crippen LogP contribution in [0.4, 0.5) is 0 Å². The second-order valence-corrected chi connectivity index (χ2v) is 8.66. The molecule has 2 aliphatic rings. The Bertz CT molecular complexity index is 521. The molecule has 0 bridgehead atoms. The van der Waals surface area contributed by atoms with Gasteiger partial charge in [-0.1, -0.05) is 0 Å². The van der Waals surface area contributed by atoms with Crippen molar-refractivity contribution in [1.29, 1.82) is 5.26 Å². The summed E-state index contributed by atoms with van der Waals surface area (Å²) in [5.41, 5.74) is 2.03. The Kier molecular flexibility index (Phi) is 5.15. The fourth-order valence-corrected chi connectivity index (χ4v) is 5.42. The van der Waals surface area contributed by atoms with Crippen LogP contribution in [0.1, 0.15) is 30.4 Å². The molecule has 2 fully saturated rings. The van der Waals surface area contributed by atoms with Gasteiger partial charge in [0.2, 0.25) is 0 Å². The molecule has 4 heteroatoms. The molecular formula is C17H23IN3-. The van der Waals surface area contributed by atoms with E-state index in [2.05, 4.69) is 32.9 Å². The number of hydrogen-bond acceptors (Lipinski definition) is 3. The third kappa shape index (κ3) is 3.41. The number of hydrogen-bond donors (Lipinski definition) is 0. The zero-order chi connectivity index (χ0) is 14.7. The average molecular weight is 396 g/mol. The van der Waals surface area contributed by atoms with Crippen molar-refractivity contribution >= 4 is 0 Å². The summed E-state index contributed by atoms with van der Waals surface area (Å²) in [6.45, 7) is 4.57. The summed E-state index contributed by atoms with van der Waals surface area (Å²) in [6, 6.07) is 11.3. The van der Waals surface area contributed by atoms with Crippen molar-refractivity contribution < 1.29 is 21.2 Å². The predicted octanol–water partition coefficient (Wildman–Crippen LogP) is -0.727. The Hall–Kier alpha value is -0.640. The molecule has 3 rings (SSSR count). The van der Waals surface area contributed by atoms with Gasteiger partial charge in [-0.3, -0.25) is 0 Å². The second kappa shape index (κ2) is 7.08. The summed E-state index contributed by atoms with van der Waals surface area (Å²) >= 11 is 0.201. The van der Waals surface area contributed by atoms with Gasteiger partial charge in [0.1, 0.15) is 0 Å². The van der Waals surface area contributed by atoms with Crippen molar-refractivity contribution in [3.8, 4) is 6.07 Å². The SMILES string of the molecule is C[I-]C1CN(C2CCC2)CCN1Cc1ccccc1C#N. The van der Waals surface area contributed by atoms with Crippen LogP contribution < -0.4 is 21.2 Å². The fourth-order valence-electron chi connectivity index (χ4n) is 3.25. The molecule has 0 aromatic heterocycles. The quantitative estimate of drug-likeness (QED) is 0.382. The van der Waals surface area contributed by atoms with Crippen LogP contribution in [0.5, 0.6) is 0 Å². The van der Waals surface area contributed by atoms with Gasteiger partial charge in [-0.25, -0.2) is 0 Å². The number of nitrogens with zero attached hydrogens (tertiary/aromatic N) is 3. The molecule has 0 amide bonds. The van der Waals surface area contributed by atoms with Crippen molar-refractivity contribution in [2.24, 2.45) is 0 Å². The van der Waals surface area contributed by atoms with Gasteiger partial charge in [0.25, 0.3) is 0 Å². The summed E-state index contributed by atoms with van der Waals surface area (Å²) in [7, 11) is 0. The zero-order valence-corrected chi connectivity index (χ0v) is 14.8. The van der Waals surface area contributed by atoms with Gasteiger partial charge in [0.05, 0.1) is 0 Å². The van der Waals surface area contributed by atoms with Crippen molar-refractivity contribution in [3.05, 3.63) is 35.4 Å². The van der Waals surface area contributed by atoms with Crippen LogP contribution in [0.3, 0.4) is 0 Å². The van der Waals surface area contributed by atoms with Gasteiger partial charge < -0.3 is 0 Å². The van der Waals surface area contributed by atoms with E-state index in [1.165, 1.54) is 37.9 Å². The molecule has 1 unspecified atom stereocenters. The van der Waals surface area contributed by atoms with Crippen LogP contribution in [0.2, 0.25) is 0 Å². The van der Waals surface area contributed by atoms with Crippen LogP contribution in [0.15, 0.2) is 24.3 Å². The van der Waals surface area contributed by atoms with E-state index in [-0.39, 0.29) is 21.2 Å². The maximum absolute atomic E-state index is 9.26. The van der Waals surface area contributed by atoms with E-state index in [1.807, 2.05) is 12.1 Å². The van der Waals surface area contributed by atoms with Gasteiger partial charge >= 0.3 is 138 Å². The molecular weight excluding hydrogens is 373 g/mol. The normalized spacial score (nSPS) is 24.7. The van der Waals surface area contributed by atoms with Crippen LogP contribution in [-0.2, 0) is 6.54 Å². The first-order chi connectivity index (χ1) is 10.3. The number of alkyl halides is 2. The van der Waals surface area contributed by atoms with Gasteiger partial charge in [0.15, 0.2) is 0 Å². The van der Waals surface area contributed by atoms with Crippen LogP contribution >= 0.6 is 0 Å². The molecule has 114 valence electrons. The van der Waals surface area contributed by atoms with E-state index in [0.717, 1.165) is 28.7 Å². The van der Waals surface area contributed by atoms with Crippen LogP contribution in [0.25, 0.3) is 0 Å². The Morgan fingerprint density at radius 1 is 1.29 bits per heavy atom. The van der Waals surface area contributed by atoms with E-state index in [9.17, 15) is 5.26 Å². The zero-order valence-electron chi connectivity index (χ0n) is 12.6. The number of halogens is 1.